The molecule has 3 saturated heterocycles. The first-order chi connectivity index (χ1) is 16.8. The quantitative estimate of drug-likeness (QED) is 0.153. The number of ether oxygens (including phenoxy) is 2. The number of fused-ring (bicyclic) bond motifs is 1. The van der Waals surface area contributed by atoms with Gasteiger partial charge in [0.15, 0.2) is 0 Å². The first-order valence-electron chi connectivity index (χ1n) is 12.7. The van der Waals surface area contributed by atoms with E-state index in [4.69, 9.17) is 9.47 Å². The molecule has 0 aromatic carbocycles. The molecular weight excluding hydrogens is 516 g/mol. The Morgan fingerprint density at radius 3 is 2.74 bits per heavy atom. The maximum Gasteiger partial charge on any atom is 0.312 e. The number of alkyl halides is 1. The second-order valence-electron chi connectivity index (χ2n) is 9.79. The third-order valence-corrected chi connectivity index (χ3v) is 8.36. The summed E-state index contributed by atoms with van der Waals surface area (Å²) in [6.45, 7) is 12.4. The summed E-state index contributed by atoms with van der Waals surface area (Å²) in [5, 5.41) is 9.30. The van der Waals surface area contributed by atoms with E-state index >= 15 is 0 Å². The van der Waals surface area contributed by atoms with E-state index in [1.165, 1.54) is 0 Å². The average molecular weight is 556 g/mol. The van der Waals surface area contributed by atoms with Crippen LogP contribution in [0.2, 0.25) is 0 Å². The van der Waals surface area contributed by atoms with Crippen molar-refractivity contribution in [3.63, 3.8) is 0 Å². The van der Waals surface area contributed by atoms with E-state index in [1.54, 1.807) is 22.0 Å². The van der Waals surface area contributed by atoms with E-state index in [0.717, 1.165) is 12.8 Å². The third-order valence-electron chi connectivity index (χ3n) is 7.52. The van der Waals surface area contributed by atoms with Gasteiger partial charge in [-0.1, -0.05) is 41.4 Å². The lowest BCUT2D eigenvalue weighted by Gasteiger charge is -2.39. The van der Waals surface area contributed by atoms with Crippen molar-refractivity contribution in [2.24, 2.45) is 11.8 Å². The summed E-state index contributed by atoms with van der Waals surface area (Å²) in [6, 6.07) is -0.873. The molecule has 9 heteroatoms. The Balaban J connectivity index is 2.00. The second kappa shape index (κ2) is 12.0. The van der Waals surface area contributed by atoms with Crippen molar-refractivity contribution in [2.75, 3.05) is 26.3 Å². The summed E-state index contributed by atoms with van der Waals surface area (Å²) in [6.07, 6.45) is 6.63. The van der Waals surface area contributed by atoms with E-state index in [1.807, 2.05) is 6.92 Å². The van der Waals surface area contributed by atoms with Crippen LogP contribution < -0.4 is 0 Å². The number of aliphatic hydroxyl groups excluding tert-OH is 1. The van der Waals surface area contributed by atoms with Crippen LogP contribution in [0.15, 0.2) is 25.3 Å². The Hall–Kier alpha value is -1.71. The van der Waals surface area contributed by atoms with E-state index in [2.05, 4.69) is 36.0 Å². The normalized spacial score (nSPS) is 31.8. The summed E-state index contributed by atoms with van der Waals surface area (Å²) < 4.78 is 12.0. The molecule has 196 valence electrons. The molecule has 0 radical (unpaired) electrons. The molecule has 3 rings (SSSR count). The van der Waals surface area contributed by atoms with Gasteiger partial charge < -0.3 is 24.4 Å². The number of unbranched alkanes of at least 4 members (excludes halogenated alkanes) is 1. The lowest BCUT2D eigenvalue weighted by molar-refractivity contribution is -0.155. The highest BCUT2D eigenvalue weighted by Gasteiger charge is 2.77. The van der Waals surface area contributed by atoms with E-state index in [9.17, 15) is 19.5 Å². The zero-order valence-corrected chi connectivity index (χ0v) is 22.5. The number of amides is 2. The molecule has 1 spiro atoms. The van der Waals surface area contributed by atoms with Crippen LogP contribution in [0, 0.1) is 11.8 Å². The van der Waals surface area contributed by atoms with Gasteiger partial charge in [0.25, 0.3) is 0 Å². The first-order valence-corrected chi connectivity index (χ1v) is 13.6. The number of halogens is 1. The first kappa shape index (κ1) is 27.9. The standard InChI is InChI=1S/C26H39BrN2O6/c1-5-8-15-34-25(33)19-20-23(31)29(13-9-10-14-30)22(26(20)16-18(27)21(19)35-26)24(32)28(12-7-3)17(4)11-6-2/h5,7,17-22,30H,1,3,6,8-16H2,2,4H3/t17?,18?,19-,20-,21-,22?,26?/m0/s1. The number of hydrogen-bond donors (Lipinski definition) is 1. The molecular formula is C26H39BrN2O6. The zero-order valence-electron chi connectivity index (χ0n) is 20.9. The third kappa shape index (κ3) is 5.09. The highest BCUT2D eigenvalue weighted by atomic mass is 79.9. The summed E-state index contributed by atoms with van der Waals surface area (Å²) in [4.78, 5) is 44.4. The van der Waals surface area contributed by atoms with Crippen molar-refractivity contribution < 1.29 is 29.0 Å². The minimum atomic E-state index is -1.10. The molecule has 3 heterocycles. The minimum absolute atomic E-state index is 0.00560. The van der Waals surface area contributed by atoms with Gasteiger partial charge in [-0.25, -0.2) is 0 Å². The molecule has 3 fully saturated rings. The van der Waals surface area contributed by atoms with Gasteiger partial charge in [0, 0.05) is 30.6 Å². The molecule has 4 unspecified atom stereocenters. The number of nitrogens with zero attached hydrogens (tertiary/aromatic N) is 2. The predicted octanol–water partition coefficient (Wildman–Crippen LogP) is 2.83. The maximum absolute atomic E-state index is 14.2. The predicted molar refractivity (Wildman–Crippen MR) is 136 cm³/mol. The van der Waals surface area contributed by atoms with Crippen LogP contribution in [0.4, 0.5) is 0 Å². The number of aliphatic hydroxyl groups is 1. The highest BCUT2D eigenvalue weighted by Crippen LogP contribution is 2.60. The molecule has 1 N–H and O–H groups in total. The molecule has 0 aliphatic carbocycles. The minimum Gasteiger partial charge on any atom is -0.465 e. The van der Waals surface area contributed by atoms with Crippen LogP contribution in [0.1, 0.15) is 52.4 Å². The molecule has 7 atom stereocenters. The Morgan fingerprint density at radius 2 is 2.11 bits per heavy atom. The van der Waals surface area contributed by atoms with Gasteiger partial charge in [0.05, 0.1) is 24.5 Å². The molecule has 2 amide bonds. The molecule has 35 heavy (non-hydrogen) atoms. The van der Waals surface area contributed by atoms with Crippen molar-refractivity contribution in [1.29, 1.82) is 0 Å². The lowest BCUT2D eigenvalue weighted by Crippen LogP contribution is -2.58. The number of carbonyl (C=O) groups is 3. The van der Waals surface area contributed by atoms with Gasteiger partial charge in [0.1, 0.15) is 11.6 Å². The maximum atomic E-state index is 14.2. The van der Waals surface area contributed by atoms with Crippen LogP contribution in [-0.4, -0.2) is 87.6 Å². The van der Waals surface area contributed by atoms with Crippen molar-refractivity contribution in [3.8, 4) is 0 Å². The molecule has 3 aliphatic heterocycles. The average Bonchev–Trinajstić information content (AvgIpc) is 3.41. The molecule has 0 saturated carbocycles. The van der Waals surface area contributed by atoms with E-state index < -0.39 is 35.6 Å². The zero-order chi connectivity index (χ0) is 25.8. The molecule has 0 aromatic rings. The van der Waals surface area contributed by atoms with Crippen LogP contribution in [0.25, 0.3) is 0 Å². The van der Waals surface area contributed by atoms with Crippen LogP contribution in [0.3, 0.4) is 0 Å². The topological polar surface area (TPSA) is 96.4 Å². The fraction of sp³-hybridized carbons (Fsp3) is 0.731. The largest absolute Gasteiger partial charge is 0.465 e. The van der Waals surface area contributed by atoms with Gasteiger partial charge in [-0.2, -0.15) is 0 Å². The summed E-state index contributed by atoms with van der Waals surface area (Å²) in [5.41, 5.74) is -1.10. The fourth-order valence-electron chi connectivity index (χ4n) is 6.01. The van der Waals surface area contributed by atoms with Crippen LogP contribution in [0.5, 0.6) is 0 Å². The number of esters is 1. The summed E-state index contributed by atoms with van der Waals surface area (Å²) >= 11 is 3.67. The molecule has 3 aliphatic rings. The molecule has 2 bridgehead atoms. The fourth-order valence-corrected chi connectivity index (χ4v) is 6.95. The van der Waals surface area contributed by atoms with Crippen molar-refractivity contribution in [1.82, 2.24) is 9.80 Å². The van der Waals surface area contributed by atoms with Gasteiger partial charge in [-0.05, 0) is 39.0 Å². The number of likely N-dealkylation sites (tertiary alicyclic amines) is 1. The van der Waals surface area contributed by atoms with Crippen LogP contribution >= 0.6 is 15.9 Å². The summed E-state index contributed by atoms with van der Waals surface area (Å²) in [5.74, 6) is -2.42. The van der Waals surface area contributed by atoms with E-state index in [0.29, 0.717) is 38.8 Å². The smallest absolute Gasteiger partial charge is 0.312 e. The van der Waals surface area contributed by atoms with Crippen molar-refractivity contribution in [3.05, 3.63) is 25.3 Å². The molecule has 0 aromatic heterocycles. The monoisotopic (exact) mass is 554 g/mol. The van der Waals surface area contributed by atoms with Crippen molar-refractivity contribution in [2.45, 2.75) is 81.0 Å². The number of hydrogen-bond acceptors (Lipinski definition) is 6. The van der Waals surface area contributed by atoms with Crippen LogP contribution in [-0.2, 0) is 23.9 Å². The van der Waals surface area contributed by atoms with Gasteiger partial charge >= 0.3 is 5.97 Å². The Labute approximate surface area is 216 Å². The van der Waals surface area contributed by atoms with Gasteiger partial charge in [-0.15, -0.1) is 13.2 Å². The Morgan fingerprint density at radius 1 is 1.37 bits per heavy atom. The highest BCUT2D eigenvalue weighted by molar-refractivity contribution is 9.09. The van der Waals surface area contributed by atoms with E-state index in [-0.39, 0.29) is 35.9 Å². The summed E-state index contributed by atoms with van der Waals surface area (Å²) in [7, 11) is 0. The lowest BCUT2D eigenvalue weighted by atomic mass is 9.70. The molecule has 8 nitrogen and oxygen atoms in total. The SMILES string of the molecule is C=CCCOC(=O)[C@H]1[C@H]2C(=O)N(CCCCO)C(C(=O)N(CC=C)C(C)CCC)C23CC(Br)[C@@H]1O3. The number of carbonyl (C=O) groups excluding carboxylic acids is 3. The van der Waals surface area contributed by atoms with Gasteiger partial charge in [-0.3, -0.25) is 14.4 Å². The number of rotatable bonds is 14. The Bertz CT molecular complexity index is 822. The van der Waals surface area contributed by atoms with Crippen molar-refractivity contribution >= 4 is 33.7 Å². The van der Waals surface area contributed by atoms with Gasteiger partial charge in [0.2, 0.25) is 11.8 Å². The second-order valence-corrected chi connectivity index (χ2v) is 11.0. The Kier molecular flexibility index (Phi) is 9.57.